The number of alkyl halides is 6. The summed E-state index contributed by atoms with van der Waals surface area (Å²) in [4.78, 5) is 27.9. The van der Waals surface area contributed by atoms with Gasteiger partial charge in [-0.15, -0.1) is 0 Å². The van der Waals surface area contributed by atoms with Crippen molar-refractivity contribution in [3.05, 3.63) is 99.3 Å². The maximum absolute atomic E-state index is 13.7. The first-order chi connectivity index (χ1) is 18.1. The van der Waals surface area contributed by atoms with E-state index in [0.717, 1.165) is 21.6 Å². The van der Waals surface area contributed by atoms with Crippen LogP contribution >= 0.6 is 0 Å². The van der Waals surface area contributed by atoms with Crippen molar-refractivity contribution in [2.24, 2.45) is 14.1 Å². The van der Waals surface area contributed by atoms with Crippen LogP contribution in [0.3, 0.4) is 0 Å². The number of benzene rings is 2. The molecule has 0 N–H and O–H groups in total. The van der Waals surface area contributed by atoms with Crippen LogP contribution in [0.25, 0.3) is 22.0 Å². The Morgan fingerprint density at radius 1 is 0.950 bits per heavy atom. The Balaban J connectivity index is 0.00000441. The van der Waals surface area contributed by atoms with Crippen LogP contribution in [-0.4, -0.2) is 22.4 Å². The van der Waals surface area contributed by atoms with Gasteiger partial charge in [-0.3, -0.25) is 9.59 Å². The van der Waals surface area contributed by atoms with Crippen molar-refractivity contribution in [3.8, 4) is 11.1 Å². The van der Waals surface area contributed by atoms with Gasteiger partial charge in [-0.1, -0.05) is 12.1 Å². The number of hydrogen-bond acceptors (Lipinski definition) is 2. The minimum atomic E-state index is -5.05. The van der Waals surface area contributed by atoms with Crippen LogP contribution in [-0.2, 0) is 33.0 Å². The SMILES string of the molecule is CN(Cc1cc(C(F)(F)F)cc(C(F)(F)F)c1)C(=O)c1c(-c2ccc(F)cc2)c2ccc[n+](C)c2c(=O)n1C.[I-]. The van der Waals surface area contributed by atoms with Crippen LogP contribution in [0, 0.1) is 5.82 Å². The van der Waals surface area contributed by atoms with Gasteiger partial charge in [-0.05, 0) is 47.5 Å². The fourth-order valence-corrected chi connectivity index (χ4v) is 4.43. The van der Waals surface area contributed by atoms with E-state index in [0.29, 0.717) is 23.1 Å². The molecule has 40 heavy (non-hydrogen) atoms. The normalized spacial score (nSPS) is 11.8. The molecule has 1 amide bonds. The fraction of sp³-hybridized carbons (Fsp3) is 0.222. The van der Waals surface area contributed by atoms with Gasteiger partial charge in [0.05, 0.1) is 16.5 Å². The number of nitrogens with zero attached hydrogens (tertiary/aromatic N) is 3. The van der Waals surface area contributed by atoms with Gasteiger partial charge in [0.1, 0.15) is 18.6 Å². The van der Waals surface area contributed by atoms with Gasteiger partial charge in [-0.2, -0.15) is 30.9 Å². The van der Waals surface area contributed by atoms with Crippen molar-refractivity contribution in [2.75, 3.05) is 7.05 Å². The molecule has 0 unspecified atom stereocenters. The molecule has 2 aromatic heterocycles. The highest BCUT2D eigenvalue weighted by Gasteiger charge is 2.37. The van der Waals surface area contributed by atoms with E-state index in [1.807, 2.05) is 0 Å². The van der Waals surface area contributed by atoms with Gasteiger partial charge in [-0.25, -0.2) is 4.39 Å². The molecule has 4 aromatic rings. The van der Waals surface area contributed by atoms with E-state index in [4.69, 9.17) is 0 Å². The lowest BCUT2D eigenvalue weighted by molar-refractivity contribution is -0.645. The van der Waals surface area contributed by atoms with E-state index >= 15 is 0 Å². The third-order valence-electron chi connectivity index (χ3n) is 6.28. The molecule has 4 rings (SSSR count). The van der Waals surface area contributed by atoms with E-state index < -0.39 is 52.9 Å². The summed E-state index contributed by atoms with van der Waals surface area (Å²) in [5, 5.41) is 0.352. The molecule has 0 aliphatic carbocycles. The van der Waals surface area contributed by atoms with E-state index in [9.17, 15) is 40.3 Å². The molecule has 0 saturated heterocycles. The number of carbonyl (C=O) groups excluding carboxylic acids is 1. The van der Waals surface area contributed by atoms with Crippen molar-refractivity contribution in [1.29, 1.82) is 0 Å². The number of halogens is 8. The lowest BCUT2D eigenvalue weighted by Gasteiger charge is -2.23. The second kappa shape index (κ2) is 11.2. The zero-order valence-corrected chi connectivity index (χ0v) is 23.3. The van der Waals surface area contributed by atoms with Crippen molar-refractivity contribution >= 4 is 16.8 Å². The Morgan fingerprint density at radius 2 is 1.50 bits per heavy atom. The van der Waals surface area contributed by atoms with Crippen LogP contribution in [0.4, 0.5) is 30.7 Å². The Hall–Kier alpha value is -3.49. The third kappa shape index (κ3) is 5.98. The van der Waals surface area contributed by atoms with Crippen LogP contribution in [0.2, 0.25) is 0 Å². The van der Waals surface area contributed by atoms with Gasteiger partial charge >= 0.3 is 17.9 Å². The molecule has 0 spiro atoms. The smallest absolute Gasteiger partial charge is 0.416 e. The monoisotopic (exact) mass is 679 g/mol. The molecule has 5 nitrogen and oxygen atoms in total. The summed E-state index contributed by atoms with van der Waals surface area (Å²) in [6.45, 7) is -0.622. The highest BCUT2D eigenvalue weighted by Crippen LogP contribution is 2.37. The van der Waals surface area contributed by atoms with Gasteiger partial charge in [0.2, 0.25) is 0 Å². The Bertz CT molecular complexity index is 1610. The van der Waals surface area contributed by atoms with E-state index in [1.54, 1.807) is 29.9 Å². The largest absolute Gasteiger partial charge is 1.00 e. The Morgan fingerprint density at radius 3 is 2.02 bits per heavy atom. The summed E-state index contributed by atoms with van der Waals surface area (Å²) < 4.78 is 96.3. The molecule has 13 heteroatoms. The maximum Gasteiger partial charge on any atom is 0.416 e. The number of hydrogen-bond donors (Lipinski definition) is 0. The second-order valence-corrected chi connectivity index (χ2v) is 9.05. The lowest BCUT2D eigenvalue weighted by atomic mass is 9.97. The van der Waals surface area contributed by atoms with Crippen LogP contribution in [0.15, 0.2) is 65.6 Å². The molecule has 0 aliphatic heterocycles. The van der Waals surface area contributed by atoms with E-state index in [2.05, 4.69) is 0 Å². The number of carbonyl (C=O) groups is 1. The molecule has 2 aromatic carbocycles. The molecule has 0 aliphatic rings. The number of fused-ring (bicyclic) bond motifs is 1. The van der Waals surface area contributed by atoms with Crippen molar-refractivity contribution in [2.45, 2.75) is 18.9 Å². The number of rotatable bonds is 4. The second-order valence-electron chi connectivity index (χ2n) is 9.05. The first kappa shape index (κ1) is 31.0. The highest BCUT2D eigenvalue weighted by molar-refractivity contribution is 6.07. The predicted octanol–water partition coefficient (Wildman–Crippen LogP) is 2.48. The van der Waals surface area contributed by atoms with E-state index in [-0.39, 0.29) is 46.8 Å². The van der Waals surface area contributed by atoms with Crippen molar-refractivity contribution < 1.29 is 64.1 Å². The van der Waals surface area contributed by atoms with E-state index in [1.165, 1.54) is 26.2 Å². The number of aryl methyl sites for hydroxylation is 1. The zero-order valence-electron chi connectivity index (χ0n) is 21.2. The highest BCUT2D eigenvalue weighted by atomic mass is 127. The molecular formula is C27H21F7IN3O2. The summed E-state index contributed by atoms with van der Waals surface area (Å²) in [6, 6.07) is 9.44. The Labute approximate surface area is 240 Å². The summed E-state index contributed by atoms with van der Waals surface area (Å²) in [5.41, 5.74) is -3.31. The minimum absolute atomic E-state index is 0. The minimum Gasteiger partial charge on any atom is -1.00 e. The molecule has 0 bridgehead atoms. The summed E-state index contributed by atoms with van der Waals surface area (Å²) in [5.74, 6) is -1.39. The average Bonchev–Trinajstić information content (AvgIpc) is 2.85. The zero-order chi connectivity index (χ0) is 28.9. The number of amides is 1. The lowest BCUT2D eigenvalue weighted by Crippen LogP contribution is -3.00. The maximum atomic E-state index is 13.7. The first-order valence-electron chi connectivity index (χ1n) is 11.4. The summed E-state index contributed by atoms with van der Waals surface area (Å²) in [6.07, 6.45) is -8.48. The van der Waals surface area contributed by atoms with Crippen LogP contribution in [0.5, 0.6) is 0 Å². The molecule has 0 fully saturated rings. The molecule has 0 radical (unpaired) electrons. The topological polar surface area (TPSA) is 46.2 Å². The van der Waals surface area contributed by atoms with Gasteiger partial charge in [0.25, 0.3) is 11.4 Å². The predicted molar refractivity (Wildman–Crippen MR) is 128 cm³/mol. The molecule has 2 heterocycles. The average molecular weight is 679 g/mol. The molecular weight excluding hydrogens is 658 g/mol. The van der Waals surface area contributed by atoms with Crippen molar-refractivity contribution in [3.63, 3.8) is 0 Å². The summed E-state index contributed by atoms with van der Waals surface area (Å²) in [7, 11) is 4.15. The molecule has 0 atom stereocenters. The third-order valence-corrected chi connectivity index (χ3v) is 6.28. The van der Waals surface area contributed by atoms with Gasteiger partial charge in [0.15, 0.2) is 6.20 Å². The van der Waals surface area contributed by atoms with Gasteiger partial charge in [0, 0.05) is 32.3 Å². The first-order valence-corrected chi connectivity index (χ1v) is 11.4. The van der Waals surface area contributed by atoms with Crippen molar-refractivity contribution in [1.82, 2.24) is 9.47 Å². The van der Waals surface area contributed by atoms with Crippen LogP contribution in [0.1, 0.15) is 27.2 Å². The quantitative estimate of drug-likeness (QED) is 0.189. The number of aromatic nitrogens is 2. The molecule has 212 valence electrons. The van der Waals surface area contributed by atoms with Gasteiger partial charge < -0.3 is 33.4 Å². The molecule has 0 saturated carbocycles. The number of pyridine rings is 2. The standard InChI is InChI=1S/C27H21F7N3O2.HI/c1-35-10-4-5-20-21(16-6-8-19(28)9-7-16)23(37(3)25(39)22(20)35)24(38)36(2)14-15-11-17(26(29,30)31)13-18(12-15)27(32,33)34;/h4-13H,14H2,1-3H3;1H/q+1;/p-1. The fourth-order valence-electron chi connectivity index (χ4n) is 4.43. The summed E-state index contributed by atoms with van der Waals surface area (Å²) >= 11 is 0. The Kier molecular flexibility index (Phi) is 8.67. The van der Waals surface area contributed by atoms with Crippen LogP contribution < -0.4 is 34.1 Å².